The average molecular weight is 278 g/mol. The van der Waals surface area contributed by atoms with Gasteiger partial charge in [0, 0.05) is 11.3 Å². The van der Waals surface area contributed by atoms with Crippen LogP contribution in [-0.4, -0.2) is 16.0 Å². The maximum atomic E-state index is 13.1. The first kappa shape index (κ1) is 12.1. The van der Waals surface area contributed by atoms with Crippen LogP contribution in [0.15, 0.2) is 23.6 Å². The van der Waals surface area contributed by atoms with E-state index in [2.05, 4.69) is 10.3 Å². The van der Waals surface area contributed by atoms with Crippen molar-refractivity contribution in [3.05, 3.63) is 40.7 Å². The summed E-state index contributed by atoms with van der Waals surface area (Å²) in [6.45, 7) is 0. The van der Waals surface area contributed by atoms with E-state index in [-0.39, 0.29) is 11.3 Å². The molecule has 0 unspecified atom stereocenters. The van der Waals surface area contributed by atoms with Crippen molar-refractivity contribution in [3.63, 3.8) is 0 Å². The van der Waals surface area contributed by atoms with Gasteiger partial charge in [0.2, 0.25) is 0 Å². The van der Waals surface area contributed by atoms with E-state index in [1.165, 1.54) is 11.3 Å². The maximum absolute atomic E-state index is 13.1. The maximum Gasteiger partial charge on any atom is 0.261 e. The Hall–Kier alpha value is -1.95. The molecule has 1 fully saturated rings. The molecular formula is C13H11FN2O2S. The molecule has 1 amide bonds. The molecule has 0 spiro atoms. The van der Waals surface area contributed by atoms with Crippen LogP contribution < -0.4 is 5.32 Å². The van der Waals surface area contributed by atoms with E-state index in [1.54, 1.807) is 0 Å². The number of nitrogens with one attached hydrogen (secondary N) is 1. The smallest absolute Gasteiger partial charge is 0.261 e. The fraction of sp³-hybridized carbons (Fsp3) is 0.231. The topological polar surface area (TPSA) is 62.2 Å². The highest BCUT2D eigenvalue weighted by atomic mass is 32.1. The molecule has 1 aliphatic rings. The van der Waals surface area contributed by atoms with E-state index in [1.807, 2.05) is 5.38 Å². The van der Waals surface area contributed by atoms with Gasteiger partial charge in [0.1, 0.15) is 11.6 Å². The van der Waals surface area contributed by atoms with Gasteiger partial charge in [0.05, 0.1) is 11.3 Å². The summed E-state index contributed by atoms with van der Waals surface area (Å²) in [7, 11) is 0. The van der Waals surface area contributed by atoms with Crippen LogP contribution in [0.3, 0.4) is 0 Å². The summed E-state index contributed by atoms with van der Waals surface area (Å²) < 4.78 is 13.1. The molecule has 1 aromatic heterocycles. The van der Waals surface area contributed by atoms with Gasteiger partial charge in [-0.05, 0) is 31.0 Å². The molecule has 2 N–H and O–H groups in total. The number of anilines is 1. The summed E-state index contributed by atoms with van der Waals surface area (Å²) in [5.74, 6) is -0.864. The lowest BCUT2D eigenvalue weighted by Crippen LogP contribution is -2.12. The van der Waals surface area contributed by atoms with Crippen molar-refractivity contribution >= 4 is 22.4 Å². The number of halogens is 1. The second kappa shape index (κ2) is 4.62. The predicted octanol–water partition coefficient (Wildman–Crippen LogP) is 3.12. The van der Waals surface area contributed by atoms with Crippen LogP contribution in [0.25, 0.3) is 0 Å². The van der Waals surface area contributed by atoms with E-state index >= 15 is 0 Å². The van der Waals surface area contributed by atoms with Crippen molar-refractivity contribution in [1.29, 1.82) is 0 Å². The lowest BCUT2D eigenvalue weighted by Gasteiger charge is -2.04. The van der Waals surface area contributed by atoms with Gasteiger partial charge in [0.25, 0.3) is 5.91 Å². The zero-order valence-electron chi connectivity index (χ0n) is 9.89. The summed E-state index contributed by atoms with van der Waals surface area (Å²) in [6, 6.07) is 3.25. The van der Waals surface area contributed by atoms with Crippen LogP contribution in [0.2, 0.25) is 0 Å². The number of thiazole rings is 1. The SMILES string of the molecule is O=C(Nc1nc(C2CC2)cs1)c1cc(F)ccc1O. The highest BCUT2D eigenvalue weighted by Gasteiger charge is 2.26. The molecule has 0 bridgehead atoms. The van der Waals surface area contributed by atoms with E-state index in [4.69, 9.17) is 0 Å². The molecule has 0 saturated heterocycles. The van der Waals surface area contributed by atoms with Crippen molar-refractivity contribution in [2.45, 2.75) is 18.8 Å². The van der Waals surface area contributed by atoms with E-state index < -0.39 is 11.7 Å². The van der Waals surface area contributed by atoms with Crippen LogP contribution in [-0.2, 0) is 0 Å². The molecule has 19 heavy (non-hydrogen) atoms. The number of hydrogen-bond donors (Lipinski definition) is 2. The zero-order chi connectivity index (χ0) is 13.4. The third-order valence-electron chi connectivity index (χ3n) is 2.94. The molecule has 0 radical (unpaired) electrons. The summed E-state index contributed by atoms with van der Waals surface area (Å²) >= 11 is 1.33. The number of carbonyl (C=O) groups excluding carboxylic acids is 1. The molecule has 1 saturated carbocycles. The van der Waals surface area contributed by atoms with Gasteiger partial charge in [-0.3, -0.25) is 10.1 Å². The molecule has 6 heteroatoms. The second-order valence-electron chi connectivity index (χ2n) is 4.47. The van der Waals surface area contributed by atoms with E-state index in [0.29, 0.717) is 11.0 Å². The predicted molar refractivity (Wildman–Crippen MR) is 70.1 cm³/mol. The normalized spacial score (nSPS) is 14.4. The quantitative estimate of drug-likeness (QED) is 0.906. The van der Waals surface area contributed by atoms with Gasteiger partial charge in [-0.1, -0.05) is 0 Å². The van der Waals surface area contributed by atoms with Crippen LogP contribution in [0.5, 0.6) is 5.75 Å². The molecular weight excluding hydrogens is 267 g/mol. The van der Waals surface area contributed by atoms with Gasteiger partial charge in [0.15, 0.2) is 5.13 Å². The molecule has 3 rings (SSSR count). The first-order valence-corrected chi connectivity index (χ1v) is 6.77. The van der Waals surface area contributed by atoms with Gasteiger partial charge < -0.3 is 5.11 Å². The van der Waals surface area contributed by atoms with Crippen molar-refractivity contribution in [2.75, 3.05) is 5.32 Å². The Morgan fingerprint density at radius 3 is 3.00 bits per heavy atom. The molecule has 98 valence electrons. The largest absolute Gasteiger partial charge is 0.507 e. The number of nitrogens with zero attached hydrogens (tertiary/aromatic N) is 1. The highest BCUT2D eigenvalue weighted by molar-refractivity contribution is 7.14. The molecule has 2 aromatic rings. The highest BCUT2D eigenvalue weighted by Crippen LogP contribution is 2.40. The standard InChI is InChI=1S/C13H11FN2O2S/c14-8-3-4-11(17)9(5-8)12(18)16-13-15-10(6-19-13)7-1-2-7/h3-7,17H,1-2H2,(H,15,16,18). The Balaban J connectivity index is 1.77. The number of hydrogen-bond acceptors (Lipinski definition) is 4. The minimum absolute atomic E-state index is 0.0943. The summed E-state index contributed by atoms with van der Waals surface area (Å²) in [5.41, 5.74) is 0.895. The van der Waals surface area contributed by atoms with Crippen molar-refractivity contribution < 1.29 is 14.3 Å². The Bertz CT molecular complexity index is 637. The molecule has 0 aliphatic heterocycles. The molecule has 4 nitrogen and oxygen atoms in total. The number of rotatable bonds is 3. The van der Waals surface area contributed by atoms with Gasteiger partial charge in [-0.15, -0.1) is 11.3 Å². The Kier molecular flexibility index (Phi) is 2.94. The van der Waals surface area contributed by atoms with Crippen molar-refractivity contribution in [2.24, 2.45) is 0 Å². The van der Waals surface area contributed by atoms with Crippen LogP contribution in [0.4, 0.5) is 9.52 Å². The van der Waals surface area contributed by atoms with Crippen LogP contribution >= 0.6 is 11.3 Å². The summed E-state index contributed by atoms with van der Waals surface area (Å²) in [4.78, 5) is 16.2. The lowest BCUT2D eigenvalue weighted by atomic mass is 10.2. The lowest BCUT2D eigenvalue weighted by molar-refractivity contribution is 0.102. The van der Waals surface area contributed by atoms with Crippen LogP contribution in [0, 0.1) is 5.82 Å². The Labute approximate surface area is 112 Å². The minimum Gasteiger partial charge on any atom is -0.507 e. The van der Waals surface area contributed by atoms with Gasteiger partial charge in [-0.2, -0.15) is 0 Å². The molecule has 1 heterocycles. The third kappa shape index (κ3) is 2.58. The zero-order valence-corrected chi connectivity index (χ0v) is 10.7. The van der Waals surface area contributed by atoms with Crippen molar-refractivity contribution in [3.8, 4) is 5.75 Å². The number of benzene rings is 1. The summed E-state index contributed by atoms with van der Waals surface area (Å²) in [6.07, 6.45) is 2.28. The van der Waals surface area contributed by atoms with Gasteiger partial charge in [-0.25, -0.2) is 9.37 Å². The van der Waals surface area contributed by atoms with Crippen molar-refractivity contribution in [1.82, 2.24) is 4.98 Å². The van der Waals surface area contributed by atoms with Crippen LogP contribution in [0.1, 0.15) is 34.8 Å². The third-order valence-corrected chi connectivity index (χ3v) is 3.72. The van der Waals surface area contributed by atoms with E-state index in [0.717, 1.165) is 36.7 Å². The Morgan fingerprint density at radius 1 is 1.47 bits per heavy atom. The van der Waals surface area contributed by atoms with E-state index in [9.17, 15) is 14.3 Å². The summed E-state index contributed by atoms with van der Waals surface area (Å²) in [5, 5.41) is 14.5. The number of aromatic hydroxyl groups is 1. The Morgan fingerprint density at radius 2 is 2.26 bits per heavy atom. The fourth-order valence-electron chi connectivity index (χ4n) is 1.76. The first-order chi connectivity index (χ1) is 9.13. The number of phenols is 1. The number of phenolic OH excluding ortho intramolecular Hbond substituents is 1. The number of carbonyl (C=O) groups is 1. The second-order valence-corrected chi connectivity index (χ2v) is 5.33. The number of amides is 1. The first-order valence-electron chi connectivity index (χ1n) is 5.89. The minimum atomic E-state index is -0.569. The molecule has 1 aliphatic carbocycles. The molecule has 0 atom stereocenters. The van der Waals surface area contributed by atoms with Gasteiger partial charge >= 0.3 is 0 Å². The average Bonchev–Trinajstić information content (AvgIpc) is 3.13. The molecule has 1 aromatic carbocycles. The monoisotopic (exact) mass is 278 g/mol. The fourth-order valence-corrected chi connectivity index (χ4v) is 2.55. The number of aromatic nitrogens is 1.